The topological polar surface area (TPSA) is 145 Å². The Kier molecular flexibility index (Phi) is 10.2. The summed E-state index contributed by atoms with van der Waals surface area (Å²) in [4.78, 5) is 47.1. The molecule has 12 heteroatoms. The summed E-state index contributed by atoms with van der Waals surface area (Å²) in [6.45, 7) is 5.59. The monoisotopic (exact) mass is 522 g/mol. The minimum atomic E-state index is -0.374. The summed E-state index contributed by atoms with van der Waals surface area (Å²) in [5.74, 6) is -0.363. The van der Waals surface area contributed by atoms with E-state index in [4.69, 9.17) is 5.26 Å². The zero-order valence-corrected chi connectivity index (χ0v) is 21.6. The molecular formula is C25H30N8O3S. The molecular weight excluding hydrogens is 492 g/mol. The number of hydrogen-bond acceptors (Lipinski definition) is 7. The number of rotatable bonds is 12. The van der Waals surface area contributed by atoms with E-state index in [0.717, 1.165) is 29.9 Å². The lowest BCUT2D eigenvalue weighted by atomic mass is 10.1. The standard InChI is InChI=1S/C25H30N8O3S/c1-18(13-29-19(2)34)14-30-24(36)33(16-21-6-4-20(12-26)5-7-21)25-31-15-22(37-25)23(35)28-8-3-10-32-11-9-27-17-32/h4-7,9,11,15,17-18H,3,8,10,13-14,16H2,1-2H3,(H,28,35)(H,29,34)(H,30,36). The predicted octanol–water partition coefficient (Wildman–Crippen LogP) is 2.52. The third kappa shape index (κ3) is 8.73. The molecule has 3 N–H and O–H groups in total. The number of carbonyl (C=O) groups is 3. The molecule has 37 heavy (non-hydrogen) atoms. The first-order valence-corrected chi connectivity index (χ1v) is 12.7. The van der Waals surface area contributed by atoms with E-state index in [1.54, 1.807) is 36.8 Å². The van der Waals surface area contributed by atoms with Crippen LogP contribution in [0.2, 0.25) is 0 Å². The van der Waals surface area contributed by atoms with Gasteiger partial charge in [-0.3, -0.25) is 14.5 Å². The van der Waals surface area contributed by atoms with Gasteiger partial charge in [0.25, 0.3) is 5.91 Å². The Morgan fingerprint density at radius 1 is 1.16 bits per heavy atom. The average molecular weight is 523 g/mol. The number of anilines is 1. The average Bonchev–Trinajstić information content (AvgIpc) is 3.60. The van der Waals surface area contributed by atoms with Gasteiger partial charge in [0.2, 0.25) is 5.91 Å². The lowest BCUT2D eigenvalue weighted by molar-refractivity contribution is -0.119. The van der Waals surface area contributed by atoms with Gasteiger partial charge in [0.15, 0.2) is 5.13 Å². The second kappa shape index (κ2) is 13.7. The van der Waals surface area contributed by atoms with E-state index in [-0.39, 0.29) is 30.3 Å². The fourth-order valence-corrected chi connectivity index (χ4v) is 4.14. The molecule has 0 radical (unpaired) electrons. The number of carbonyl (C=O) groups excluding carboxylic acids is 3. The van der Waals surface area contributed by atoms with E-state index in [1.807, 2.05) is 17.7 Å². The molecule has 1 aromatic carbocycles. The van der Waals surface area contributed by atoms with E-state index < -0.39 is 0 Å². The molecule has 1 unspecified atom stereocenters. The molecule has 4 amide bonds. The van der Waals surface area contributed by atoms with Crippen LogP contribution >= 0.6 is 11.3 Å². The van der Waals surface area contributed by atoms with Crippen LogP contribution in [0.5, 0.6) is 0 Å². The molecule has 0 bridgehead atoms. The van der Waals surface area contributed by atoms with Crippen molar-refractivity contribution in [3.05, 3.63) is 65.2 Å². The van der Waals surface area contributed by atoms with Crippen LogP contribution in [0.25, 0.3) is 0 Å². The van der Waals surface area contributed by atoms with Gasteiger partial charge in [0.05, 0.1) is 30.7 Å². The Morgan fingerprint density at radius 3 is 2.59 bits per heavy atom. The van der Waals surface area contributed by atoms with Crippen LogP contribution in [0.4, 0.5) is 9.93 Å². The number of nitrogens with one attached hydrogen (secondary N) is 3. The van der Waals surface area contributed by atoms with Crippen molar-refractivity contribution in [2.45, 2.75) is 33.4 Å². The van der Waals surface area contributed by atoms with Crippen LogP contribution < -0.4 is 20.9 Å². The van der Waals surface area contributed by atoms with Crippen molar-refractivity contribution in [3.8, 4) is 6.07 Å². The minimum absolute atomic E-state index is 0.0181. The third-order valence-electron chi connectivity index (χ3n) is 5.36. The Hall–Kier alpha value is -4.24. The largest absolute Gasteiger partial charge is 0.356 e. The number of nitrogens with zero attached hydrogens (tertiary/aromatic N) is 5. The summed E-state index contributed by atoms with van der Waals surface area (Å²) < 4.78 is 1.94. The van der Waals surface area contributed by atoms with E-state index in [2.05, 4.69) is 32.0 Å². The summed E-state index contributed by atoms with van der Waals surface area (Å²) in [7, 11) is 0. The van der Waals surface area contributed by atoms with E-state index in [9.17, 15) is 14.4 Å². The number of nitriles is 1. The highest BCUT2D eigenvalue weighted by atomic mass is 32.1. The molecule has 1 atom stereocenters. The maximum atomic E-state index is 13.2. The molecule has 0 saturated heterocycles. The van der Waals surface area contributed by atoms with Gasteiger partial charge < -0.3 is 20.5 Å². The van der Waals surface area contributed by atoms with Crippen LogP contribution in [0.15, 0.2) is 49.2 Å². The van der Waals surface area contributed by atoms with Crippen LogP contribution in [-0.2, 0) is 17.9 Å². The molecule has 194 valence electrons. The normalized spacial score (nSPS) is 11.3. The van der Waals surface area contributed by atoms with Gasteiger partial charge in [-0.05, 0) is 30.0 Å². The maximum Gasteiger partial charge on any atom is 0.324 e. The first-order chi connectivity index (χ1) is 17.9. The van der Waals surface area contributed by atoms with Gasteiger partial charge in [-0.1, -0.05) is 30.4 Å². The minimum Gasteiger partial charge on any atom is -0.356 e. The molecule has 3 aromatic rings. The van der Waals surface area contributed by atoms with Gasteiger partial charge in [0.1, 0.15) is 4.88 Å². The van der Waals surface area contributed by atoms with Gasteiger partial charge >= 0.3 is 6.03 Å². The molecule has 2 heterocycles. The predicted molar refractivity (Wildman–Crippen MR) is 140 cm³/mol. The number of hydrogen-bond donors (Lipinski definition) is 3. The van der Waals surface area contributed by atoms with Crippen LogP contribution in [-0.4, -0.2) is 52.0 Å². The van der Waals surface area contributed by atoms with Gasteiger partial charge in [0, 0.05) is 45.5 Å². The zero-order chi connectivity index (χ0) is 26.6. The first-order valence-electron chi connectivity index (χ1n) is 11.8. The highest BCUT2D eigenvalue weighted by Gasteiger charge is 2.22. The van der Waals surface area contributed by atoms with Crippen molar-refractivity contribution in [3.63, 3.8) is 0 Å². The third-order valence-corrected chi connectivity index (χ3v) is 6.38. The number of aromatic nitrogens is 3. The molecule has 0 aliphatic heterocycles. The number of imidazole rings is 1. The Bertz CT molecular complexity index is 1220. The van der Waals surface area contributed by atoms with Gasteiger partial charge in [-0.2, -0.15) is 5.26 Å². The number of thiazole rings is 1. The van der Waals surface area contributed by atoms with E-state index in [0.29, 0.717) is 35.2 Å². The van der Waals surface area contributed by atoms with Crippen molar-refractivity contribution in [1.82, 2.24) is 30.5 Å². The first kappa shape index (κ1) is 27.3. The Morgan fingerprint density at radius 2 is 1.92 bits per heavy atom. The SMILES string of the molecule is CC(=O)NCC(C)CNC(=O)N(Cc1ccc(C#N)cc1)c1ncc(C(=O)NCCCn2ccnc2)s1. The van der Waals surface area contributed by atoms with E-state index >= 15 is 0 Å². The van der Waals surface area contributed by atoms with Crippen molar-refractivity contribution in [2.75, 3.05) is 24.5 Å². The summed E-state index contributed by atoms with van der Waals surface area (Å²) in [5.41, 5.74) is 1.33. The Balaban J connectivity index is 1.65. The fraction of sp³-hybridized carbons (Fsp3) is 0.360. The highest BCUT2D eigenvalue weighted by molar-refractivity contribution is 7.17. The molecule has 0 spiro atoms. The smallest absolute Gasteiger partial charge is 0.324 e. The van der Waals surface area contributed by atoms with E-state index in [1.165, 1.54) is 18.0 Å². The Labute approximate surface area is 219 Å². The van der Waals surface area contributed by atoms with Crippen molar-refractivity contribution < 1.29 is 14.4 Å². The molecule has 11 nitrogen and oxygen atoms in total. The lowest BCUT2D eigenvalue weighted by Gasteiger charge is -2.22. The quantitative estimate of drug-likeness (QED) is 0.312. The van der Waals surface area contributed by atoms with Crippen LogP contribution in [0.1, 0.15) is 41.1 Å². The summed E-state index contributed by atoms with van der Waals surface area (Å²) in [6, 6.07) is 8.63. The van der Waals surface area contributed by atoms with Crippen molar-refractivity contribution >= 4 is 34.3 Å². The molecule has 2 aromatic heterocycles. The highest BCUT2D eigenvalue weighted by Crippen LogP contribution is 2.25. The van der Waals surface area contributed by atoms with Crippen molar-refractivity contribution in [1.29, 1.82) is 5.26 Å². The number of benzene rings is 1. The fourth-order valence-electron chi connectivity index (χ4n) is 3.30. The molecule has 0 saturated carbocycles. The summed E-state index contributed by atoms with van der Waals surface area (Å²) in [5, 5.41) is 17.9. The summed E-state index contributed by atoms with van der Waals surface area (Å²) >= 11 is 1.13. The number of urea groups is 1. The van der Waals surface area contributed by atoms with Gasteiger partial charge in [-0.25, -0.2) is 14.8 Å². The van der Waals surface area contributed by atoms with Crippen LogP contribution in [0.3, 0.4) is 0 Å². The maximum absolute atomic E-state index is 13.2. The zero-order valence-electron chi connectivity index (χ0n) is 20.8. The van der Waals surface area contributed by atoms with Crippen LogP contribution in [0, 0.1) is 17.2 Å². The molecule has 0 fully saturated rings. The van der Waals surface area contributed by atoms with Gasteiger partial charge in [-0.15, -0.1) is 0 Å². The lowest BCUT2D eigenvalue weighted by Crippen LogP contribution is -2.42. The molecule has 3 rings (SSSR count). The molecule has 0 aliphatic carbocycles. The summed E-state index contributed by atoms with van der Waals surface area (Å²) in [6.07, 6.45) is 7.51. The second-order valence-electron chi connectivity index (χ2n) is 8.54. The second-order valence-corrected chi connectivity index (χ2v) is 9.55. The number of amides is 4. The number of aryl methyl sites for hydroxylation is 1. The van der Waals surface area contributed by atoms with Crippen molar-refractivity contribution in [2.24, 2.45) is 5.92 Å². The molecule has 0 aliphatic rings.